The molecule has 11 aromatic rings. The van der Waals surface area contributed by atoms with Crippen LogP contribution in [0, 0.1) is 0 Å². The Bertz CT molecular complexity index is 3930. The number of hydrogen-bond acceptors (Lipinski definition) is 3. The maximum absolute atomic E-state index is 8.22. The predicted octanol–water partition coefficient (Wildman–Crippen LogP) is 22.5. The molecule has 380 valence electrons. The van der Waals surface area contributed by atoms with E-state index in [1.54, 1.807) is 11.3 Å². The molecule has 10 aromatic carbocycles. The summed E-state index contributed by atoms with van der Waals surface area (Å²) in [7, 11) is 0. The second-order valence-corrected chi connectivity index (χ2v) is 26.2. The van der Waals surface area contributed by atoms with Crippen molar-refractivity contribution >= 4 is 99.5 Å². The van der Waals surface area contributed by atoms with Crippen LogP contribution >= 0.6 is 22.9 Å². The molecule has 0 spiro atoms. The SMILES string of the molecule is CC(C)(C)c1ccc(-c2ccc(N(c3ccc(C(C)(C)C)cc3-c3ccc4c5ccccc5c5ccccc5c4c3)c3cccc(N(c4ccc(C(C)(C)C)cc4)c4csc5ccc(C(C)(C)C)cc45)c3Cl)cc2)cc1. The molecule has 11 rings (SSSR count). The lowest BCUT2D eigenvalue weighted by Gasteiger charge is -2.33. The topological polar surface area (TPSA) is 6.48 Å². The number of halogens is 1. The smallest absolute Gasteiger partial charge is 0.0887 e. The number of benzene rings is 10. The third-order valence-electron chi connectivity index (χ3n) is 15.5. The minimum Gasteiger partial charge on any atom is -0.308 e. The van der Waals surface area contributed by atoms with Crippen LogP contribution in [0.5, 0.6) is 0 Å². The summed E-state index contributed by atoms with van der Waals surface area (Å²) in [5, 5.41) is 11.7. The molecule has 0 aliphatic heterocycles. The number of anilines is 6. The molecule has 0 fully saturated rings. The molecule has 0 amide bonds. The first-order chi connectivity index (χ1) is 36.1. The van der Waals surface area contributed by atoms with Gasteiger partial charge in [0.15, 0.2) is 0 Å². The zero-order valence-electron chi connectivity index (χ0n) is 46.2. The summed E-state index contributed by atoms with van der Waals surface area (Å²) < 4.78 is 1.24. The van der Waals surface area contributed by atoms with Gasteiger partial charge in [-0.05, 0) is 160 Å². The fourth-order valence-electron chi connectivity index (χ4n) is 10.9. The lowest BCUT2D eigenvalue weighted by Crippen LogP contribution is -2.16. The summed E-state index contributed by atoms with van der Waals surface area (Å²) in [5.74, 6) is 0. The van der Waals surface area contributed by atoms with Crippen LogP contribution < -0.4 is 9.80 Å². The Morgan fingerprint density at radius 1 is 0.316 bits per heavy atom. The lowest BCUT2D eigenvalue weighted by atomic mass is 9.84. The Balaban J connectivity index is 1.16. The van der Waals surface area contributed by atoms with E-state index < -0.39 is 0 Å². The predicted molar refractivity (Wildman–Crippen MR) is 334 cm³/mol. The van der Waals surface area contributed by atoms with Crippen molar-refractivity contribution in [2.24, 2.45) is 0 Å². The number of hydrogen-bond donors (Lipinski definition) is 0. The third kappa shape index (κ3) is 9.48. The summed E-state index contributed by atoms with van der Waals surface area (Å²) in [6.07, 6.45) is 0. The molecular formula is C72H69ClN2S. The van der Waals surface area contributed by atoms with Gasteiger partial charge in [-0.15, -0.1) is 11.3 Å². The summed E-state index contributed by atoms with van der Waals surface area (Å²) in [4.78, 5) is 4.78. The second kappa shape index (κ2) is 19.1. The molecule has 0 aliphatic carbocycles. The average molecular weight is 1030 g/mol. The molecule has 0 unspecified atom stereocenters. The Morgan fingerprint density at radius 2 is 0.724 bits per heavy atom. The molecule has 0 bridgehead atoms. The van der Waals surface area contributed by atoms with E-state index in [4.69, 9.17) is 11.6 Å². The Morgan fingerprint density at radius 3 is 1.25 bits per heavy atom. The molecule has 0 saturated carbocycles. The molecule has 0 N–H and O–H groups in total. The zero-order chi connectivity index (χ0) is 53.5. The van der Waals surface area contributed by atoms with Crippen molar-refractivity contribution in [3.8, 4) is 22.3 Å². The quantitative estimate of drug-likeness (QED) is 0.140. The van der Waals surface area contributed by atoms with Crippen molar-refractivity contribution in [1.29, 1.82) is 0 Å². The minimum atomic E-state index is -0.112. The summed E-state index contributed by atoms with van der Waals surface area (Å²) in [6, 6.07) is 72.5. The van der Waals surface area contributed by atoms with Crippen molar-refractivity contribution in [3.63, 3.8) is 0 Å². The van der Waals surface area contributed by atoms with Gasteiger partial charge >= 0.3 is 0 Å². The Labute approximate surface area is 460 Å². The van der Waals surface area contributed by atoms with Gasteiger partial charge in [-0.25, -0.2) is 0 Å². The molecule has 2 nitrogen and oxygen atoms in total. The first-order valence-electron chi connectivity index (χ1n) is 26.8. The second-order valence-electron chi connectivity index (χ2n) is 24.9. The number of rotatable bonds is 8. The first-order valence-corrected chi connectivity index (χ1v) is 28.1. The largest absolute Gasteiger partial charge is 0.308 e. The summed E-state index contributed by atoms with van der Waals surface area (Å²) in [6.45, 7) is 27.4. The van der Waals surface area contributed by atoms with Crippen molar-refractivity contribution in [2.45, 2.75) is 105 Å². The van der Waals surface area contributed by atoms with Gasteiger partial charge in [0.1, 0.15) is 0 Å². The summed E-state index contributed by atoms with van der Waals surface area (Å²) in [5.41, 5.74) is 15.7. The standard InChI is InChI=1S/C72H69ClN2S/c1-69(2,3)49-29-24-46(25-30-49)47-26-35-53(36-27-47)74(63-40-33-51(71(7,8)9)43-60(63)48-28-39-59-57-20-14-13-18-55(57)56-19-15-16-21-58(56)61(59)42-48)64-22-17-23-65(68(64)73)75(54-37-31-50(32-38-54)70(4,5)6)66-45-76-67-41-34-52(44-62(66)67)72(10,11)12/h13-45H,1-12H3. The van der Waals surface area contributed by atoms with Gasteiger partial charge in [0.05, 0.1) is 27.8 Å². The van der Waals surface area contributed by atoms with E-state index in [2.05, 4.69) is 292 Å². The highest BCUT2D eigenvalue weighted by atomic mass is 35.5. The summed E-state index contributed by atoms with van der Waals surface area (Å²) >= 11 is 10.0. The van der Waals surface area contributed by atoms with Gasteiger partial charge in [0.2, 0.25) is 0 Å². The molecular weight excluding hydrogens is 960 g/mol. The van der Waals surface area contributed by atoms with Crippen molar-refractivity contribution in [1.82, 2.24) is 0 Å². The highest BCUT2D eigenvalue weighted by Crippen LogP contribution is 2.52. The minimum absolute atomic E-state index is 0.00426. The van der Waals surface area contributed by atoms with Crippen LogP contribution in [-0.2, 0) is 21.7 Å². The monoisotopic (exact) mass is 1030 g/mol. The molecule has 4 heteroatoms. The van der Waals surface area contributed by atoms with Gasteiger partial charge in [0, 0.05) is 32.4 Å². The first kappa shape index (κ1) is 51.0. The van der Waals surface area contributed by atoms with E-state index in [0.29, 0.717) is 5.02 Å². The third-order valence-corrected chi connectivity index (χ3v) is 16.8. The molecule has 0 radical (unpaired) electrons. The molecule has 0 aliphatic rings. The van der Waals surface area contributed by atoms with E-state index in [1.165, 1.54) is 70.2 Å². The van der Waals surface area contributed by atoms with Crippen LogP contribution in [0.15, 0.2) is 200 Å². The number of thiophene rings is 1. The molecule has 0 saturated heterocycles. The number of fused-ring (bicyclic) bond motifs is 7. The van der Waals surface area contributed by atoms with Gasteiger partial charge in [0.25, 0.3) is 0 Å². The highest BCUT2D eigenvalue weighted by Gasteiger charge is 2.28. The van der Waals surface area contributed by atoms with Crippen molar-refractivity contribution in [2.75, 3.05) is 9.80 Å². The van der Waals surface area contributed by atoms with E-state index in [-0.39, 0.29) is 21.7 Å². The fourth-order valence-corrected chi connectivity index (χ4v) is 12.1. The Kier molecular flexibility index (Phi) is 12.8. The van der Waals surface area contributed by atoms with Crippen molar-refractivity contribution < 1.29 is 0 Å². The average Bonchev–Trinajstić information content (AvgIpc) is 3.85. The zero-order valence-corrected chi connectivity index (χ0v) is 47.8. The van der Waals surface area contributed by atoms with E-state index in [0.717, 1.165) is 50.8 Å². The molecule has 0 atom stereocenters. The maximum Gasteiger partial charge on any atom is 0.0887 e. The van der Waals surface area contributed by atoms with E-state index in [1.807, 2.05) is 0 Å². The lowest BCUT2D eigenvalue weighted by molar-refractivity contribution is 0.590. The molecule has 76 heavy (non-hydrogen) atoms. The van der Waals surface area contributed by atoms with Gasteiger partial charge in [-0.1, -0.05) is 222 Å². The normalized spacial score (nSPS) is 12.5. The highest BCUT2D eigenvalue weighted by molar-refractivity contribution is 7.17. The maximum atomic E-state index is 8.22. The number of nitrogens with zero attached hydrogens (tertiary/aromatic N) is 2. The van der Waals surface area contributed by atoms with Crippen LogP contribution in [0.1, 0.15) is 105 Å². The van der Waals surface area contributed by atoms with Gasteiger partial charge in [-0.2, -0.15) is 0 Å². The fraction of sp³-hybridized carbons (Fsp3) is 0.222. The van der Waals surface area contributed by atoms with Crippen LogP contribution in [0.4, 0.5) is 34.1 Å². The van der Waals surface area contributed by atoms with Crippen LogP contribution in [0.25, 0.3) is 64.7 Å². The molecule has 1 aromatic heterocycles. The van der Waals surface area contributed by atoms with Crippen LogP contribution in [-0.4, -0.2) is 0 Å². The van der Waals surface area contributed by atoms with E-state index >= 15 is 0 Å². The van der Waals surface area contributed by atoms with Gasteiger partial charge in [-0.3, -0.25) is 0 Å². The molecule has 1 heterocycles. The Hall–Kier alpha value is -7.17. The van der Waals surface area contributed by atoms with Gasteiger partial charge < -0.3 is 9.80 Å². The van der Waals surface area contributed by atoms with Crippen molar-refractivity contribution in [3.05, 3.63) is 227 Å². The van der Waals surface area contributed by atoms with E-state index in [9.17, 15) is 0 Å². The van der Waals surface area contributed by atoms with Crippen LogP contribution in [0.2, 0.25) is 5.02 Å². The van der Waals surface area contributed by atoms with Crippen LogP contribution in [0.3, 0.4) is 0 Å².